The predicted octanol–water partition coefficient (Wildman–Crippen LogP) is 4.81. The molecule has 0 spiro atoms. The van der Waals surface area contributed by atoms with Crippen LogP contribution in [0.5, 0.6) is 11.5 Å². The molecule has 0 unspecified atom stereocenters. The number of nitrogens with zero attached hydrogens (tertiary/aromatic N) is 2. The highest BCUT2D eigenvalue weighted by molar-refractivity contribution is 7.92. The van der Waals surface area contributed by atoms with Crippen LogP contribution >= 0.6 is 0 Å². The van der Waals surface area contributed by atoms with E-state index in [1.807, 2.05) is 26.0 Å². The Bertz CT molecular complexity index is 1420. The molecule has 0 aliphatic carbocycles. The lowest BCUT2D eigenvalue weighted by molar-refractivity contribution is 0.405. The van der Waals surface area contributed by atoms with E-state index in [9.17, 15) is 8.42 Å². The van der Waals surface area contributed by atoms with E-state index in [-0.39, 0.29) is 16.5 Å². The van der Waals surface area contributed by atoms with Gasteiger partial charge in [0.05, 0.1) is 35.8 Å². The lowest BCUT2D eigenvalue weighted by Gasteiger charge is -2.16. The first kappa shape index (κ1) is 22.3. The molecule has 0 fully saturated rings. The van der Waals surface area contributed by atoms with Gasteiger partial charge in [0.25, 0.3) is 10.0 Å². The molecule has 4 aromatic rings. The number of hydrogen-bond acceptors (Lipinski definition) is 7. The molecule has 4 rings (SSSR count). The zero-order chi connectivity index (χ0) is 23.6. The van der Waals surface area contributed by atoms with Gasteiger partial charge >= 0.3 is 0 Å². The fraction of sp³-hybridized carbons (Fsp3) is 0.167. The third-order valence-electron chi connectivity index (χ3n) is 5.22. The van der Waals surface area contributed by atoms with Gasteiger partial charge in [0.15, 0.2) is 11.6 Å². The lowest BCUT2D eigenvalue weighted by atomic mass is 10.1. The second kappa shape index (κ2) is 8.95. The minimum atomic E-state index is -3.89. The largest absolute Gasteiger partial charge is 0.497 e. The van der Waals surface area contributed by atoms with Crippen LogP contribution in [0.15, 0.2) is 65.6 Å². The predicted molar refractivity (Wildman–Crippen MR) is 129 cm³/mol. The van der Waals surface area contributed by atoms with E-state index in [4.69, 9.17) is 9.47 Å². The van der Waals surface area contributed by atoms with Gasteiger partial charge < -0.3 is 14.8 Å². The van der Waals surface area contributed by atoms with Crippen LogP contribution in [0.1, 0.15) is 11.1 Å². The van der Waals surface area contributed by atoms with Crippen molar-refractivity contribution in [1.82, 2.24) is 9.97 Å². The van der Waals surface area contributed by atoms with Gasteiger partial charge in [-0.2, -0.15) is 0 Å². The average molecular weight is 465 g/mol. The fourth-order valence-corrected chi connectivity index (χ4v) is 4.33. The van der Waals surface area contributed by atoms with Gasteiger partial charge in [-0.1, -0.05) is 18.2 Å². The minimum absolute atomic E-state index is 0.0690. The highest BCUT2D eigenvalue weighted by Crippen LogP contribution is 2.34. The molecule has 0 atom stereocenters. The molecular weight excluding hydrogens is 440 g/mol. The molecule has 1 aromatic heterocycles. The van der Waals surface area contributed by atoms with Crippen LogP contribution in [0.25, 0.3) is 11.0 Å². The van der Waals surface area contributed by atoms with Crippen LogP contribution in [0.2, 0.25) is 0 Å². The summed E-state index contributed by atoms with van der Waals surface area (Å²) in [6.07, 6.45) is 0. The maximum absolute atomic E-state index is 13.0. The number of hydrogen-bond donors (Lipinski definition) is 2. The second-order valence-electron chi connectivity index (χ2n) is 7.46. The van der Waals surface area contributed by atoms with Crippen molar-refractivity contribution >= 4 is 38.4 Å². The lowest BCUT2D eigenvalue weighted by Crippen LogP contribution is -2.16. The van der Waals surface area contributed by atoms with Gasteiger partial charge in [0, 0.05) is 6.07 Å². The fourth-order valence-electron chi connectivity index (χ4n) is 3.30. The van der Waals surface area contributed by atoms with Crippen molar-refractivity contribution in [3.63, 3.8) is 0 Å². The summed E-state index contributed by atoms with van der Waals surface area (Å²) < 4.78 is 39.4. The summed E-state index contributed by atoms with van der Waals surface area (Å²) >= 11 is 0. The van der Waals surface area contributed by atoms with Crippen molar-refractivity contribution in [1.29, 1.82) is 0 Å². The van der Waals surface area contributed by atoms with Gasteiger partial charge in [-0.15, -0.1) is 0 Å². The number of nitrogens with one attached hydrogen (secondary N) is 2. The molecule has 2 N–H and O–H groups in total. The first-order valence-electron chi connectivity index (χ1n) is 10.2. The van der Waals surface area contributed by atoms with Crippen molar-refractivity contribution < 1.29 is 17.9 Å². The van der Waals surface area contributed by atoms with Gasteiger partial charge in [-0.05, 0) is 61.4 Å². The molecule has 0 amide bonds. The SMILES string of the molecule is COc1ccc(OC)c(Nc2nc3cc(C)c(C)cc3nc2NS(=O)(=O)c2ccccc2)c1. The summed E-state index contributed by atoms with van der Waals surface area (Å²) in [7, 11) is -0.785. The third kappa shape index (κ3) is 4.68. The Labute approximate surface area is 192 Å². The zero-order valence-electron chi connectivity index (χ0n) is 18.7. The molecule has 0 saturated heterocycles. The van der Waals surface area contributed by atoms with Crippen LogP contribution < -0.4 is 19.5 Å². The van der Waals surface area contributed by atoms with Crippen LogP contribution in [0.4, 0.5) is 17.3 Å². The van der Waals surface area contributed by atoms with Gasteiger partial charge in [-0.25, -0.2) is 18.4 Å². The van der Waals surface area contributed by atoms with E-state index in [1.54, 1.807) is 50.6 Å². The monoisotopic (exact) mass is 464 g/mol. The Morgan fingerprint density at radius 3 is 2.03 bits per heavy atom. The van der Waals surface area contributed by atoms with Crippen LogP contribution in [0, 0.1) is 13.8 Å². The van der Waals surface area contributed by atoms with Crippen LogP contribution in [-0.4, -0.2) is 32.6 Å². The zero-order valence-corrected chi connectivity index (χ0v) is 19.5. The molecular formula is C24H24N4O4S. The first-order chi connectivity index (χ1) is 15.8. The molecule has 0 aliphatic heterocycles. The highest BCUT2D eigenvalue weighted by atomic mass is 32.2. The number of methoxy groups -OCH3 is 2. The maximum atomic E-state index is 13.0. The van der Waals surface area contributed by atoms with Crippen molar-refractivity contribution in [2.24, 2.45) is 0 Å². The van der Waals surface area contributed by atoms with Crippen molar-refractivity contribution in [2.75, 3.05) is 24.3 Å². The van der Waals surface area contributed by atoms with Crippen molar-refractivity contribution in [3.8, 4) is 11.5 Å². The molecule has 0 saturated carbocycles. The van der Waals surface area contributed by atoms with E-state index in [1.165, 1.54) is 12.1 Å². The normalized spacial score (nSPS) is 11.3. The minimum Gasteiger partial charge on any atom is -0.497 e. The molecule has 9 heteroatoms. The standard InChI is InChI=1S/C24H24N4O4S/c1-15-12-19-20(13-16(15)2)26-24(28-33(29,30)18-8-6-5-7-9-18)23(25-19)27-21-14-17(31-3)10-11-22(21)32-4/h5-14H,1-4H3,(H,25,27)(H,26,28). The second-order valence-corrected chi connectivity index (χ2v) is 9.14. The number of sulfonamides is 1. The van der Waals surface area contributed by atoms with E-state index < -0.39 is 10.0 Å². The first-order valence-corrected chi connectivity index (χ1v) is 11.6. The van der Waals surface area contributed by atoms with Gasteiger partial charge in [0.1, 0.15) is 11.5 Å². The Morgan fingerprint density at radius 2 is 1.42 bits per heavy atom. The van der Waals surface area contributed by atoms with E-state index in [2.05, 4.69) is 20.0 Å². The molecule has 1 heterocycles. The number of ether oxygens (including phenoxy) is 2. The van der Waals surface area contributed by atoms with Gasteiger partial charge in [0.2, 0.25) is 0 Å². The summed E-state index contributed by atoms with van der Waals surface area (Å²) in [5, 5.41) is 3.16. The summed E-state index contributed by atoms with van der Waals surface area (Å²) in [5.41, 5.74) is 3.84. The average Bonchev–Trinajstić information content (AvgIpc) is 2.81. The quantitative estimate of drug-likeness (QED) is 0.405. The molecule has 8 nitrogen and oxygen atoms in total. The number of aromatic nitrogens is 2. The summed E-state index contributed by atoms with van der Waals surface area (Å²) in [6, 6.07) is 17.2. The van der Waals surface area contributed by atoms with Crippen LogP contribution in [-0.2, 0) is 10.0 Å². The van der Waals surface area contributed by atoms with E-state index >= 15 is 0 Å². The van der Waals surface area contributed by atoms with Gasteiger partial charge in [-0.3, -0.25) is 4.72 Å². The smallest absolute Gasteiger partial charge is 0.263 e. The summed E-state index contributed by atoms with van der Waals surface area (Å²) in [5.74, 6) is 1.44. The summed E-state index contributed by atoms with van der Waals surface area (Å²) in [4.78, 5) is 9.40. The number of benzene rings is 3. The number of rotatable bonds is 7. The summed E-state index contributed by atoms with van der Waals surface area (Å²) in [6.45, 7) is 3.96. The number of fused-ring (bicyclic) bond motifs is 1. The molecule has 33 heavy (non-hydrogen) atoms. The number of aryl methyl sites for hydroxylation is 2. The highest BCUT2D eigenvalue weighted by Gasteiger charge is 2.20. The Hall–Kier alpha value is -3.85. The van der Waals surface area contributed by atoms with Crippen molar-refractivity contribution in [2.45, 2.75) is 18.7 Å². The Kier molecular flexibility index (Phi) is 6.06. The van der Waals surface area contributed by atoms with Crippen molar-refractivity contribution in [3.05, 3.63) is 71.8 Å². The Balaban J connectivity index is 1.86. The number of anilines is 3. The molecule has 3 aromatic carbocycles. The van der Waals surface area contributed by atoms with E-state index in [0.29, 0.717) is 28.2 Å². The molecule has 170 valence electrons. The van der Waals surface area contributed by atoms with Crippen LogP contribution in [0.3, 0.4) is 0 Å². The topological polar surface area (TPSA) is 102 Å². The molecule has 0 bridgehead atoms. The van der Waals surface area contributed by atoms with E-state index in [0.717, 1.165) is 11.1 Å². The molecule has 0 radical (unpaired) electrons. The maximum Gasteiger partial charge on any atom is 0.263 e. The third-order valence-corrected chi connectivity index (χ3v) is 6.58. The molecule has 0 aliphatic rings. The Morgan fingerprint density at radius 1 is 0.788 bits per heavy atom.